The van der Waals surface area contributed by atoms with Gasteiger partial charge in [-0.15, -0.1) is 0 Å². The lowest BCUT2D eigenvalue weighted by molar-refractivity contribution is 0.0798. The van der Waals surface area contributed by atoms with Crippen LogP contribution in [-0.2, 0) is 0 Å². The van der Waals surface area contributed by atoms with Crippen LogP contribution in [0, 0.1) is 11.8 Å². The largest absolute Gasteiger partial charge is 0.370 e. The fraction of sp³-hybridized carbons (Fsp3) is 0.929. The van der Waals surface area contributed by atoms with Crippen LogP contribution >= 0.6 is 0 Å². The van der Waals surface area contributed by atoms with Crippen molar-refractivity contribution in [2.75, 3.05) is 33.7 Å². The summed E-state index contributed by atoms with van der Waals surface area (Å²) in [5, 5.41) is 0. The molecule has 4 nitrogen and oxygen atoms in total. The third-order valence-electron chi connectivity index (χ3n) is 4.89. The fourth-order valence-electron chi connectivity index (χ4n) is 3.37. The molecule has 1 aliphatic carbocycles. The first-order chi connectivity index (χ1) is 8.44. The first-order valence-electron chi connectivity index (χ1n) is 7.17. The molecule has 18 heavy (non-hydrogen) atoms. The predicted molar refractivity (Wildman–Crippen MR) is 76.7 cm³/mol. The van der Waals surface area contributed by atoms with Crippen LogP contribution in [0.2, 0.25) is 0 Å². The Hall–Kier alpha value is -0.770. The molecule has 0 radical (unpaired) electrons. The van der Waals surface area contributed by atoms with Crippen molar-refractivity contribution >= 4 is 5.96 Å². The Balaban J connectivity index is 2.07. The zero-order valence-corrected chi connectivity index (χ0v) is 12.3. The summed E-state index contributed by atoms with van der Waals surface area (Å²) in [6, 6.07) is 0. The minimum atomic E-state index is 0.228. The lowest BCUT2D eigenvalue weighted by Crippen LogP contribution is -2.56. The summed E-state index contributed by atoms with van der Waals surface area (Å²) in [6.45, 7) is 7.71. The predicted octanol–water partition coefficient (Wildman–Crippen LogP) is 1.37. The molecule has 0 amide bonds. The average molecular weight is 252 g/mol. The molecule has 0 aromatic heterocycles. The van der Waals surface area contributed by atoms with Crippen LogP contribution in [0.15, 0.2) is 4.99 Å². The maximum Gasteiger partial charge on any atom is 0.191 e. The van der Waals surface area contributed by atoms with E-state index >= 15 is 0 Å². The van der Waals surface area contributed by atoms with Crippen LogP contribution in [0.1, 0.15) is 33.1 Å². The SMILES string of the molecule is CC1CCC2(CN=C(N)N2CCN(C)C)CC1C. The molecule has 1 aliphatic heterocycles. The van der Waals surface area contributed by atoms with E-state index in [1.165, 1.54) is 19.3 Å². The molecule has 3 atom stereocenters. The van der Waals surface area contributed by atoms with E-state index in [0.29, 0.717) is 0 Å². The van der Waals surface area contributed by atoms with Gasteiger partial charge in [0.2, 0.25) is 0 Å². The van der Waals surface area contributed by atoms with E-state index in [0.717, 1.165) is 37.4 Å². The number of rotatable bonds is 3. The normalized spacial score (nSPS) is 36.5. The molecule has 0 aromatic carbocycles. The highest BCUT2D eigenvalue weighted by Crippen LogP contribution is 2.41. The van der Waals surface area contributed by atoms with Crippen LogP contribution < -0.4 is 5.73 Å². The monoisotopic (exact) mass is 252 g/mol. The number of likely N-dealkylation sites (N-methyl/N-ethyl adjacent to an activating group) is 1. The van der Waals surface area contributed by atoms with Crippen molar-refractivity contribution in [3.63, 3.8) is 0 Å². The van der Waals surface area contributed by atoms with E-state index in [1.807, 2.05) is 0 Å². The zero-order valence-electron chi connectivity index (χ0n) is 12.3. The van der Waals surface area contributed by atoms with E-state index in [1.54, 1.807) is 0 Å². The third kappa shape index (κ3) is 2.48. The quantitative estimate of drug-likeness (QED) is 0.825. The van der Waals surface area contributed by atoms with Gasteiger partial charge in [-0.05, 0) is 45.2 Å². The van der Waals surface area contributed by atoms with E-state index in [4.69, 9.17) is 5.73 Å². The molecular weight excluding hydrogens is 224 g/mol. The zero-order chi connectivity index (χ0) is 13.3. The van der Waals surface area contributed by atoms with Gasteiger partial charge < -0.3 is 15.5 Å². The topological polar surface area (TPSA) is 44.9 Å². The number of nitrogens with two attached hydrogens (primary N) is 1. The molecule has 0 bridgehead atoms. The summed E-state index contributed by atoms with van der Waals surface area (Å²) < 4.78 is 0. The van der Waals surface area contributed by atoms with Gasteiger partial charge in [0.25, 0.3) is 0 Å². The lowest BCUT2D eigenvalue weighted by atomic mass is 9.71. The van der Waals surface area contributed by atoms with Crippen molar-refractivity contribution in [2.24, 2.45) is 22.6 Å². The van der Waals surface area contributed by atoms with Crippen molar-refractivity contribution < 1.29 is 0 Å². The van der Waals surface area contributed by atoms with E-state index in [9.17, 15) is 0 Å². The summed E-state index contributed by atoms with van der Waals surface area (Å²) in [6.07, 6.45) is 3.80. The molecule has 0 saturated heterocycles. The van der Waals surface area contributed by atoms with Gasteiger partial charge in [-0.2, -0.15) is 0 Å². The highest BCUT2D eigenvalue weighted by Gasteiger charge is 2.45. The van der Waals surface area contributed by atoms with E-state index in [-0.39, 0.29) is 5.54 Å². The second kappa shape index (κ2) is 5.08. The van der Waals surface area contributed by atoms with Gasteiger partial charge in [-0.1, -0.05) is 13.8 Å². The van der Waals surface area contributed by atoms with Gasteiger partial charge in [-0.25, -0.2) is 0 Å². The average Bonchev–Trinajstić information content (AvgIpc) is 2.59. The van der Waals surface area contributed by atoms with Crippen LogP contribution in [-0.4, -0.2) is 55.0 Å². The molecule has 1 fully saturated rings. The molecule has 2 rings (SSSR count). The standard InChI is InChI=1S/C14H28N4/c1-11-5-6-14(9-12(11)2)10-16-13(15)18(14)8-7-17(3)4/h11-12H,5-10H2,1-4H3,(H2,15,16). The highest BCUT2D eigenvalue weighted by molar-refractivity contribution is 5.81. The van der Waals surface area contributed by atoms with Gasteiger partial charge in [0.15, 0.2) is 5.96 Å². The van der Waals surface area contributed by atoms with Crippen molar-refractivity contribution in [3.8, 4) is 0 Å². The van der Waals surface area contributed by atoms with Crippen molar-refractivity contribution in [1.29, 1.82) is 0 Å². The molecule has 4 heteroatoms. The number of nitrogens with zero attached hydrogens (tertiary/aromatic N) is 3. The number of aliphatic imine (C=N–C) groups is 1. The van der Waals surface area contributed by atoms with E-state index in [2.05, 4.69) is 42.7 Å². The third-order valence-corrected chi connectivity index (χ3v) is 4.89. The van der Waals surface area contributed by atoms with Gasteiger partial charge >= 0.3 is 0 Å². The minimum Gasteiger partial charge on any atom is -0.370 e. The Morgan fingerprint density at radius 3 is 2.72 bits per heavy atom. The first kappa shape index (κ1) is 13.7. The number of hydrogen-bond donors (Lipinski definition) is 1. The molecular formula is C14H28N4. The second-order valence-electron chi connectivity index (χ2n) is 6.55. The summed E-state index contributed by atoms with van der Waals surface area (Å²) in [5.41, 5.74) is 6.34. The second-order valence-corrected chi connectivity index (χ2v) is 6.55. The van der Waals surface area contributed by atoms with Crippen molar-refractivity contribution in [1.82, 2.24) is 9.80 Å². The molecule has 0 aromatic rings. The van der Waals surface area contributed by atoms with Gasteiger partial charge in [0, 0.05) is 13.1 Å². The van der Waals surface area contributed by atoms with E-state index < -0.39 is 0 Å². The molecule has 2 aliphatic rings. The van der Waals surface area contributed by atoms with Crippen LogP contribution in [0.4, 0.5) is 0 Å². The van der Waals surface area contributed by atoms with Crippen molar-refractivity contribution in [2.45, 2.75) is 38.6 Å². The highest BCUT2D eigenvalue weighted by atomic mass is 15.4. The summed E-state index contributed by atoms with van der Waals surface area (Å²) in [7, 11) is 4.23. The summed E-state index contributed by atoms with van der Waals surface area (Å²) in [5.74, 6) is 2.38. The van der Waals surface area contributed by atoms with Crippen LogP contribution in [0.3, 0.4) is 0 Å². The molecule has 1 saturated carbocycles. The molecule has 1 spiro atoms. The van der Waals surface area contributed by atoms with Crippen LogP contribution in [0.25, 0.3) is 0 Å². The first-order valence-corrected chi connectivity index (χ1v) is 7.17. The summed E-state index contributed by atoms with van der Waals surface area (Å²) in [4.78, 5) is 9.13. The molecule has 1 heterocycles. The van der Waals surface area contributed by atoms with Gasteiger partial charge in [0.1, 0.15) is 0 Å². The maximum atomic E-state index is 6.11. The fourth-order valence-corrected chi connectivity index (χ4v) is 3.37. The Kier molecular flexibility index (Phi) is 3.85. The molecule has 104 valence electrons. The van der Waals surface area contributed by atoms with Crippen LogP contribution in [0.5, 0.6) is 0 Å². The lowest BCUT2D eigenvalue weighted by Gasteiger charge is -2.46. The maximum absolute atomic E-state index is 6.11. The Labute approximate surface area is 111 Å². The summed E-state index contributed by atoms with van der Waals surface area (Å²) >= 11 is 0. The van der Waals surface area contributed by atoms with Gasteiger partial charge in [-0.3, -0.25) is 4.99 Å². The van der Waals surface area contributed by atoms with Crippen molar-refractivity contribution in [3.05, 3.63) is 0 Å². The number of guanidine groups is 1. The van der Waals surface area contributed by atoms with Gasteiger partial charge in [0.05, 0.1) is 12.1 Å². The minimum absolute atomic E-state index is 0.228. The Bertz CT molecular complexity index is 326. The molecule has 3 unspecified atom stereocenters. The smallest absolute Gasteiger partial charge is 0.191 e. The Morgan fingerprint density at radius 1 is 1.39 bits per heavy atom. The molecule has 2 N–H and O–H groups in total. The Morgan fingerprint density at radius 2 is 2.11 bits per heavy atom. The number of hydrogen-bond acceptors (Lipinski definition) is 4.